The number of likely N-dealkylation sites (N-methyl/N-ethyl adjacent to an activating group) is 1. The minimum atomic E-state index is -0.218. The van der Waals surface area contributed by atoms with Crippen molar-refractivity contribution in [2.24, 2.45) is 0 Å². The monoisotopic (exact) mass is 352 g/mol. The third kappa shape index (κ3) is 4.17. The highest BCUT2D eigenvalue weighted by Crippen LogP contribution is 2.25. The molecule has 0 spiro atoms. The molecular weight excluding hydrogens is 324 g/mol. The van der Waals surface area contributed by atoms with Crippen LogP contribution >= 0.6 is 0 Å². The Balaban J connectivity index is 1.70. The molecule has 0 saturated carbocycles. The van der Waals surface area contributed by atoms with Crippen molar-refractivity contribution in [1.82, 2.24) is 10.2 Å². The Labute approximate surface area is 156 Å². The average Bonchev–Trinajstić information content (AvgIpc) is 2.70. The molecule has 26 heavy (non-hydrogen) atoms. The van der Waals surface area contributed by atoms with Gasteiger partial charge in [0.15, 0.2) is 0 Å². The van der Waals surface area contributed by atoms with Gasteiger partial charge in [-0.15, -0.1) is 0 Å². The maximum Gasteiger partial charge on any atom is 0.241 e. The lowest BCUT2D eigenvalue weighted by atomic mass is 10.0. The number of hydrogen-bond acceptors (Lipinski definition) is 4. The molecule has 1 amide bonds. The van der Waals surface area contributed by atoms with Gasteiger partial charge in [-0.25, -0.2) is 0 Å². The fourth-order valence-electron chi connectivity index (χ4n) is 3.51. The SMILES string of the molecule is CCNC(=O)C(c1ccccc1)N1CCN(c2ccc(NC)cc2)CC1. The fourth-order valence-corrected chi connectivity index (χ4v) is 3.51. The topological polar surface area (TPSA) is 47.6 Å². The van der Waals surface area contributed by atoms with Crippen LogP contribution in [0.3, 0.4) is 0 Å². The van der Waals surface area contributed by atoms with Gasteiger partial charge in [0.25, 0.3) is 0 Å². The van der Waals surface area contributed by atoms with Crippen LogP contribution in [0.2, 0.25) is 0 Å². The highest BCUT2D eigenvalue weighted by atomic mass is 16.2. The predicted octanol–water partition coefficient (Wildman–Crippen LogP) is 2.73. The Bertz CT molecular complexity index is 694. The second-order valence-corrected chi connectivity index (χ2v) is 6.53. The molecule has 1 atom stereocenters. The van der Waals surface area contributed by atoms with E-state index < -0.39 is 0 Å². The number of rotatable bonds is 6. The van der Waals surface area contributed by atoms with Gasteiger partial charge in [-0.05, 0) is 36.8 Å². The van der Waals surface area contributed by atoms with Gasteiger partial charge in [0.05, 0.1) is 0 Å². The molecular formula is C21H28N4O. The summed E-state index contributed by atoms with van der Waals surface area (Å²) in [6.07, 6.45) is 0. The van der Waals surface area contributed by atoms with Crippen molar-refractivity contribution >= 4 is 17.3 Å². The summed E-state index contributed by atoms with van der Waals surface area (Å²) in [5, 5.41) is 6.15. The lowest BCUT2D eigenvalue weighted by Crippen LogP contribution is -2.51. The zero-order chi connectivity index (χ0) is 18.4. The molecule has 138 valence electrons. The summed E-state index contributed by atoms with van der Waals surface area (Å²) in [6.45, 7) is 6.19. The van der Waals surface area contributed by atoms with Crippen LogP contribution in [0.25, 0.3) is 0 Å². The molecule has 1 aliphatic rings. The van der Waals surface area contributed by atoms with E-state index in [4.69, 9.17) is 0 Å². The van der Waals surface area contributed by atoms with Crippen LogP contribution in [-0.2, 0) is 4.79 Å². The largest absolute Gasteiger partial charge is 0.388 e. The summed E-state index contributed by atoms with van der Waals surface area (Å²) in [5.74, 6) is 0.0884. The molecule has 0 bridgehead atoms. The summed E-state index contributed by atoms with van der Waals surface area (Å²) in [7, 11) is 1.93. The van der Waals surface area contributed by atoms with E-state index in [9.17, 15) is 4.79 Å². The van der Waals surface area contributed by atoms with Gasteiger partial charge in [0, 0.05) is 51.1 Å². The predicted molar refractivity (Wildman–Crippen MR) is 108 cm³/mol. The molecule has 1 fully saturated rings. The quantitative estimate of drug-likeness (QED) is 0.839. The summed E-state index contributed by atoms with van der Waals surface area (Å²) in [5.41, 5.74) is 3.41. The van der Waals surface area contributed by atoms with Gasteiger partial charge >= 0.3 is 0 Å². The van der Waals surface area contributed by atoms with E-state index in [-0.39, 0.29) is 11.9 Å². The lowest BCUT2D eigenvalue weighted by molar-refractivity contribution is -0.126. The van der Waals surface area contributed by atoms with E-state index in [1.165, 1.54) is 5.69 Å². The Hall–Kier alpha value is -2.53. The van der Waals surface area contributed by atoms with E-state index in [0.29, 0.717) is 6.54 Å². The summed E-state index contributed by atoms with van der Waals surface area (Å²) >= 11 is 0. The Morgan fingerprint density at radius 1 is 1.00 bits per heavy atom. The molecule has 1 heterocycles. The van der Waals surface area contributed by atoms with Crippen LogP contribution in [0.5, 0.6) is 0 Å². The molecule has 0 aromatic heterocycles. The number of piperazine rings is 1. The normalized spacial score (nSPS) is 16.2. The highest BCUT2D eigenvalue weighted by Gasteiger charge is 2.30. The molecule has 5 nitrogen and oxygen atoms in total. The van der Waals surface area contributed by atoms with Crippen LogP contribution in [0.15, 0.2) is 54.6 Å². The second-order valence-electron chi connectivity index (χ2n) is 6.53. The van der Waals surface area contributed by atoms with Crippen LogP contribution in [0.1, 0.15) is 18.5 Å². The third-order valence-corrected chi connectivity index (χ3v) is 4.92. The van der Waals surface area contributed by atoms with Gasteiger partial charge < -0.3 is 15.5 Å². The van der Waals surface area contributed by atoms with Crippen molar-refractivity contribution in [1.29, 1.82) is 0 Å². The molecule has 5 heteroatoms. The van der Waals surface area contributed by atoms with Crippen molar-refractivity contribution in [2.45, 2.75) is 13.0 Å². The van der Waals surface area contributed by atoms with Crippen LogP contribution in [0.4, 0.5) is 11.4 Å². The van der Waals surface area contributed by atoms with Gasteiger partial charge in [-0.1, -0.05) is 30.3 Å². The molecule has 1 unspecified atom stereocenters. The van der Waals surface area contributed by atoms with E-state index in [1.807, 2.05) is 44.3 Å². The van der Waals surface area contributed by atoms with Crippen molar-refractivity contribution < 1.29 is 4.79 Å². The van der Waals surface area contributed by atoms with E-state index in [1.54, 1.807) is 0 Å². The first-order valence-corrected chi connectivity index (χ1v) is 9.32. The van der Waals surface area contributed by atoms with Crippen molar-refractivity contribution in [3.05, 3.63) is 60.2 Å². The van der Waals surface area contributed by atoms with E-state index in [2.05, 4.69) is 44.7 Å². The fraction of sp³-hybridized carbons (Fsp3) is 0.381. The smallest absolute Gasteiger partial charge is 0.241 e. The molecule has 1 aliphatic heterocycles. The van der Waals surface area contributed by atoms with Crippen LogP contribution in [-0.4, -0.2) is 50.6 Å². The number of carbonyl (C=O) groups excluding carboxylic acids is 1. The molecule has 0 aliphatic carbocycles. The van der Waals surface area contributed by atoms with Crippen molar-refractivity contribution in [3.8, 4) is 0 Å². The highest BCUT2D eigenvalue weighted by molar-refractivity contribution is 5.83. The van der Waals surface area contributed by atoms with E-state index >= 15 is 0 Å². The molecule has 3 rings (SSSR count). The standard InChI is InChI=1S/C21H28N4O/c1-3-23-21(26)20(17-7-5-4-6-8-17)25-15-13-24(14-16-25)19-11-9-18(22-2)10-12-19/h4-12,20,22H,3,13-16H2,1-2H3,(H,23,26). The maximum absolute atomic E-state index is 12.7. The van der Waals surface area contributed by atoms with Crippen molar-refractivity contribution in [3.63, 3.8) is 0 Å². The van der Waals surface area contributed by atoms with Gasteiger partial charge in [-0.3, -0.25) is 9.69 Å². The number of nitrogens with zero attached hydrogens (tertiary/aromatic N) is 2. The van der Waals surface area contributed by atoms with Crippen molar-refractivity contribution in [2.75, 3.05) is 50.0 Å². The minimum absolute atomic E-state index is 0.0884. The Morgan fingerprint density at radius 3 is 2.23 bits per heavy atom. The molecule has 2 aromatic rings. The summed E-state index contributed by atoms with van der Waals surface area (Å²) < 4.78 is 0. The minimum Gasteiger partial charge on any atom is -0.388 e. The summed E-state index contributed by atoms with van der Waals surface area (Å²) in [4.78, 5) is 17.4. The van der Waals surface area contributed by atoms with Gasteiger partial charge in [0.1, 0.15) is 6.04 Å². The number of nitrogens with one attached hydrogen (secondary N) is 2. The zero-order valence-corrected chi connectivity index (χ0v) is 15.6. The van der Waals surface area contributed by atoms with Crippen LogP contribution < -0.4 is 15.5 Å². The number of amides is 1. The Morgan fingerprint density at radius 2 is 1.65 bits per heavy atom. The zero-order valence-electron chi connectivity index (χ0n) is 15.6. The number of hydrogen-bond donors (Lipinski definition) is 2. The number of carbonyl (C=O) groups is 1. The average molecular weight is 352 g/mol. The first kappa shape index (κ1) is 18.3. The second kappa shape index (κ2) is 8.72. The first-order valence-electron chi connectivity index (χ1n) is 9.32. The van der Waals surface area contributed by atoms with Gasteiger partial charge in [-0.2, -0.15) is 0 Å². The first-order chi connectivity index (χ1) is 12.7. The van der Waals surface area contributed by atoms with Crippen LogP contribution in [0, 0.1) is 0 Å². The summed E-state index contributed by atoms with van der Waals surface area (Å²) in [6, 6.07) is 18.4. The molecule has 2 N–H and O–H groups in total. The van der Waals surface area contributed by atoms with E-state index in [0.717, 1.165) is 37.4 Å². The number of benzene rings is 2. The third-order valence-electron chi connectivity index (χ3n) is 4.92. The molecule has 0 radical (unpaired) electrons. The lowest BCUT2D eigenvalue weighted by Gasteiger charge is -2.39. The Kier molecular flexibility index (Phi) is 6.12. The molecule has 1 saturated heterocycles. The maximum atomic E-state index is 12.7. The van der Waals surface area contributed by atoms with Gasteiger partial charge in [0.2, 0.25) is 5.91 Å². The molecule has 2 aromatic carbocycles. The number of anilines is 2.